The van der Waals surface area contributed by atoms with Crippen LogP contribution < -0.4 is 19.5 Å². The van der Waals surface area contributed by atoms with Crippen LogP contribution in [0.4, 0.5) is 5.95 Å². The highest BCUT2D eigenvalue weighted by atomic mass is 32.2. The highest BCUT2D eigenvalue weighted by Crippen LogP contribution is 2.38. The molecule has 3 aromatic carbocycles. The minimum absolute atomic E-state index is 0.133. The van der Waals surface area contributed by atoms with Crippen LogP contribution in [0.3, 0.4) is 0 Å². The van der Waals surface area contributed by atoms with Gasteiger partial charge in [-0.2, -0.15) is 0 Å². The van der Waals surface area contributed by atoms with E-state index in [0.29, 0.717) is 33.7 Å². The van der Waals surface area contributed by atoms with E-state index in [1.807, 2.05) is 30.3 Å². The molecule has 178 valence electrons. The Morgan fingerprint density at radius 2 is 1.80 bits per heavy atom. The zero-order valence-corrected chi connectivity index (χ0v) is 19.9. The zero-order valence-electron chi connectivity index (χ0n) is 19.1. The smallest absolute Gasteiger partial charge is 0.275 e. The molecule has 0 spiro atoms. The highest BCUT2D eigenvalue weighted by molar-refractivity contribution is 7.84. The third-order valence-corrected chi connectivity index (χ3v) is 6.66. The lowest BCUT2D eigenvalue weighted by molar-refractivity contribution is -0.130. The summed E-state index contributed by atoms with van der Waals surface area (Å²) in [6, 6.07) is 21.7. The number of aromatic nitrogens is 2. The van der Waals surface area contributed by atoms with E-state index in [0.717, 1.165) is 11.3 Å². The Balaban J connectivity index is 1.46. The number of nitrogens with one attached hydrogen (secondary N) is 2. The van der Waals surface area contributed by atoms with E-state index in [9.17, 15) is 9.00 Å². The minimum atomic E-state index is -1.44. The molecule has 9 heteroatoms. The molecule has 35 heavy (non-hydrogen) atoms. The molecule has 0 saturated heterocycles. The summed E-state index contributed by atoms with van der Waals surface area (Å²) < 4.78 is 29.0. The van der Waals surface area contributed by atoms with Crippen molar-refractivity contribution in [2.45, 2.75) is 17.4 Å². The molecule has 0 radical (unpaired) electrons. The third kappa shape index (κ3) is 4.63. The first-order chi connectivity index (χ1) is 16.9. The molecule has 2 atom stereocenters. The quantitative estimate of drug-likeness (QED) is 0.397. The molecule has 2 heterocycles. The fourth-order valence-electron chi connectivity index (χ4n) is 3.75. The van der Waals surface area contributed by atoms with Crippen molar-refractivity contribution in [2.24, 2.45) is 0 Å². The van der Waals surface area contributed by atoms with E-state index in [4.69, 9.17) is 14.2 Å². The first-order valence-corrected chi connectivity index (χ1v) is 12.4. The van der Waals surface area contributed by atoms with Gasteiger partial charge in [0, 0.05) is 33.6 Å². The van der Waals surface area contributed by atoms with E-state index in [1.54, 1.807) is 61.8 Å². The number of carbonyl (C=O) groups excluding carboxylic acids is 1. The van der Waals surface area contributed by atoms with Crippen molar-refractivity contribution < 1.29 is 23.2 Å². The maximum absolute atomic E-state index is 13.6. The number of imidazole rings is 1. The number of H-pyrrole nitrogens is 1. The molecule has 2 N–H and O–H groups in total. The Kier molecular flexibility index (Phi) is 6.00. The van der Waals surface area contributed by atoms with Crippen molar-refractivity contribution in [1.29, 1.82) is 0 Å². The number of benzene rings is 3. The maximum Gasteiger partial charge on any atom is 0.275 e. The molecule has 0 saturated carbocycles. The summed E-state index contributed by atoms with van der Waals surface area (Å²) in [5.74, 6) is 1.44. The van der Waals surface area contributed by atoms with Crippen molar-refractivity contribution in [3.63, 3.8) is 0 Å². The number of fused-ring (bicyclic) bond motifs is 1. The van der Waals surface area contributed by atoms with Gasteiger partial charge in [0.1, 0.15) is 5.75 Å². The van der Waals surface area contributed by atoms with Gasteiger partial charge in [-0.15, -0.1) is 0 Å². The predicted molar refractivity (Wildman–Crippen MR) is 132 cm³/mol. The van der Waals surface area contributed by atoms with Crippen molar-refractivity contribution in [2.75, 3.05) is 18.4 Å². The normalized spacial score (nSPS) is 14.7. The summed E-state index contributed by atoms with van der Waals surface area (Å²) in [7, 11) is -1.15. The Hall–Kier alpha value is -4.11. The van der Waals surface area contributed by atoms with E-state index in [2.05, 4.69) is 15.3 Å². The minimum Gasteiger partial charge on any atom is -0.473 e. The molecule has 0 fully saturated rings. The van der Waals surface area contributed by atoms with Crippen LogP contribution in [0.1, 0.15) is 12.5 Å². The fraction of sp³-hybridized carbons (Fsp3) is 0.154. The van der Waals surface area contributed by atoms with Gasteiger partial charge < -0.3 is 19.2 Å². The van der Waals surface area contributed by atoms with Crippen LogP contribution >= 0.6 is 0 Å². The number of ether oxygens (including phenoxy) is 3. The average Bonchev–Trinajstić information content (AvgIpc) is 3.54. The van der Waals surface area contributed by atoms with Crippen LogP contribution in [0.25, 0.3) is 11.3 Å². The summed E-state index contributed by atoms with van der Waals surface area (Å²) in [5.41, 5.74) is 0.857. The lowest BCUT2D eigenvalue weighted by Gasteiger charge is -2.30. The Morgan fingerprint density at radius 3 is 2.54 bits per heavy atom. The van der Waals surface area contributed by atoms with E-state index >= 15 is 0 Å². The lowest BCUT2D eigenvalue weighted by Crippen LogP contribution is -2.43. The number of rotatable bonds is 7. The first-order valence-electron chi connectivity index (χ1n) is 10.9. The van der Waals surface area contributed by atoms with Crippen LogP contribution in [0, 0.1) is 0 Å². The van der Waals surface area contributed by atoms with Gasteiger partial charge in [0.25, 0.3) is 5.91 Å². The summed E-state index contributed by atoms with van der Waals surface area (Å²) in [6.07, 6.45) is 3.26. The van der Waals surface area contributed by atoms with Crippen LogP contribution in [0.15, 0.2) is 83.9 Å². The van der Waals surface area contributed by atoms with Gasteiger partial charge in [0.2, 0.25) is 18.3 Å². The lowest BCUT2D eigenvalue weighted by atomic mass is 9.94. The SMILES string of the molecule is CS(=O)c1ccc(C(C)(Oc2ccc3c(c2)OCO3)C(=O)Nc2ncc(-c3ccccc3)[nH]2)cc1. The number of anilines is 1. The third-order valence-electron chi connectivity index (χ3n) is 5.73. The van der Waals surface area contributed by atoms with Gasteiger partial charge in [0.05, 0.1) is 11.9 Å². The number of hydrogen-bond acceptors (Lipinski definition) is 6. The average molecular weight is 490 g/mol. The van der Waals surface area contributed by atoms with Gasteiger partial charge in [-0.1, -0.05) is 42.5 Å². The summed E-state index contributed by atoms with van der Waals surface area (Å²) in [6.45, 7) is 1.81. The molecule has 2 unspecified atom stereocenters. The van der Waals surface area contributed by atoms with Crippen LogP contribution in [0.5, 0.6) is 17.2 Å². The van der Waals surface area contributed by atoms with E-state index in [1.165, 1.54) is 0 Å². The van der Waals surface area contributed by atoms with Crippen LogP contribution in [-0.4, -0.2) is 33.1 Å². The molecular weight excluding hydrogens is 466 g/mol. The Morgan fingerprint density at radius 1 is 1.06 bits per heavy atom. The number of nitrogens with zero attached hydrogens (tertiary/aromatic N) is 1. The second-order valence-corrected chi connectivity index (χ2v) is 9.47. The molecule has 8 nitrogen and oxygen atoms in total. The second kappa shape index (κ2) is 9.27. The van der Waals surface area contributed by atoms with E-state index in [-0.39, 0.29) is 6.79 Å². The molecular formula is C26H23N3O5S. The summed E-state index contributed by atoms with van der Waals surface area (Å²) in [5, 5.41) is 2.83. The molecule has 4 aromatic rings. The molecule has 5 rings (SSSR count). The monoisotopic (exact) mass is 489 g/mol. The zero-order chi connectivity index (χ0) is 24.4. The highest BCUT2D eigenvalue weighted by Gasteiger charge is 2.39. The maximum atomic E-state index is 13.6. The van der Waals surface area contributed by atoms with Crippen LogP contribution in [-0.2, 0) is 21.2 Å². The van der Waals surface area contributed by atoms with Crippen LogP contribution in [0.2, 0.25) is 0 Å². The van der Waals surface area contributed by atoms with Gasteiger partial charge in [-0.3, -0.25) is 14.3 Å². The summed E-state index contributed by atoms with van der Waals surface area (Å²) >= 11 is 0. The van der Waals surface area contributed by atoms with Crippen molar-refractivity contribution >= 4 is 22.7 Å². The van der Waals surface area contributed by atoms with Gasteiger partial charge in [-0.05, 0) is 36.8 Å². The molecule has 1 aliphatic heterocycles. The summed E-state index contributed by atoms with van der Waals surface area (Å²) in [4.78, 5) is 21.7. The van der Waals surface area contributed by atoms with Crippen molar-refractivity contribution in [3.05, 3.63) is 84.6 Å². The Bertz CT molecular complexity index is 1390. The molecule has 0 bridgehead atoms. The number of amides is 1. The van der Waals surface area contributed by atoms with Crippen molar-refractivity contribution in [3.8, 4) is 28.5 Å². The van der Waals surface area contributed by atoms with Gasteiger partial charge in [0.15, 0.2) is 11.5 Å². The number of carbonyl (C=O) groups is 1. The molecule has 0 aliphatic carbocycles. The topological polar surface area (TPSA) is 103 Å². The number of hydrogen-bond donors (Lipinski definition) is 2. The predicted octanol–water partition coefficient (Wildman–Crippen LogP) is 4.48. The largest absolute Gasteiger partial charge is 0.473 e. The molecule has 1 aliphatic rings. The standard InChI is InChI=1S/C26H23N3O5S/c1-26(18-8-11-20(12-9-18)35(2)31,34-19-10-13-22-23(14-19)33-16-32-22)24(30)29-25-27-15-21(28-25)17-6-4-3-5-7-17/h3-15H,16H2,1-2H3,(H2,27,28,29,30). The number of aromatic amines is 1. The van der Waals surface area contributed by atoms with Gasteiger partial charge >= 0.3 is 0 Å². The Labute approximate surface area is 204 Å². The van der Waals surface area contributed by atoms with Crippen molar-refractivity contribution in [1.82, 2.24) is 9.97 Å². The molecule has 1 amide bonds. The first kappa shape index (κ1) is 22.7. The fourth-order valence-corrected chi connectivity index (χ4v) is 4.27. The van der Waals surface area contributed by atoms with Gasteiger partial charge in [-0.25, -0.2) is 4.98 Å². The second-order valence-electron chi connectivity index (χ2n) is 8.09. The van der Waals surface area contributed by atoms with E-state index < -0.39 is 22.3 Å². The molecule has 1 aromatic heterocycles.